The summed E-state index contributed by atoms with van der Waals surface area (Å²) in [4.78, 5) is 19.4. The zero-order valence-electron chi connectivity index (χ0n) is 8.17. The lowest BCUT2D eigenvalue weighted by Crippen LogP contribution is -2.22. The third kappa shape index (κ3) is 15.6. The smallest absolute Gasteiger partial charge is 0.333 e. The highest BCUT2D eigenvalue weighted by Crippen LogP contribution is 1.89. The predicted molar refractivity (Wildman–Crippen MR) is 49.3 cm³/mol. The van der Waals surface area contributed by atoms with Crippen molar-refractivity contribution in [3.8, 4) is 0 Å². The lowest BCUT2D eigenvalue weighted by molar-refractivity contribution is -0.152. The maximum atomic E-state index is 9.72. The minimum Gasteiger partial charge on any atom is -0.481 e. The molecule has 90 valence electrons. The number of carbonyl (C=O) groups is 2. The average Bonchev–Trinajstić information content (AvgIpc) is 2.14. The summed E-state index contributed by atoms with van der Waals surface area (Å²) in [7, 11) is 0. The normalized spacial score (nSPS) is 11.1. The highest BCUT2D eigenvalue weighted by atomic mass is 16.4. The molecule has 0 aliphatic rings. The Morgan fingerprint density at radius 3 is 1.53 bits per heavy atom. The molecule has 1 unspecified atom stereocenters. The SMILES string of the molecule is O=C(O)CC(O)C(=O)O.OCCCCO. The largest absolute Gasteiger partial charge is 0.481 e. The van der Waals surface area contributed by atoms with Gasteiger partial charge in [0.25, 0.3) is 0 Å². The number of hydrogen-bond donors (Lipinski definition) is 5. The van der Waals surface area contributed by atoms with E-state index in [0.29, 0.717) is 0 Å². The number of unbranched alkanes of at least 4 members (excludes halogenated alkanes) is 1. The molecule has 0 aromatic carbocycles. The number of aliphatic hydroxyl groups is 3. The molecule has 0 aliphatic heterocycles. The first-order valence-electron chi connectivity index (χ1n) is 4.30. The maximum Gasteiger partial charge on any atom is 0.333 e. The second kappa shape index (κ2) is 10.9. The van der Waals surface area contributed by atoms with Crippen molar-refractivity contribution in [3.63, 3.8) is 0 Å². The van der Waals surface area contributed by atoms with Gasteiger partial charge in [-0.05, 0) is 12.8 Å². The van der Waals surface area contributed by atoms with Crippen LogP contribution in [0.5, 0.6) is 0 Å². The molecule has 0 aromatic heterocycles. The van der Waals surface area contributed by atoms with Crippen molar-refractivity contribution in [1.29, 1.82) is 0 Å². The molecule has 1 atom stereocenters. The minimum absolute atomic E-state index is 0.195. The molecule has 0 saturated heterocycles. The fourth-order valence-electron chi connectivity index (χ4n) is 0.476. The van der Waals surface area contributed by atoms with Crippen LogP contribution in [-0.4, -0.2) is 56.8 Å². The van der Waals surface area contributed by atoms with Crippen molar-refractivity contribution >= 4 is 11.9 Å². The van der Waals surface area contributed by atoms with Gasteiger partial charge in [0, 0.05) is 13.2 Å². The van der Waals surface area contributed by atoms with Gasteiger partial charge in [-0.15, -0.1) is 0 Å². The molecule has 7 nitrogen and oxygen atoms in total. The van der Waals surface area contributed by atoms with Crippen molar-refractivity contribution in [2.75, 3.05) is 13.2 Å². The van der Waals surface area contributed by atoms with Crippen molar-refractivity contribution in [2.24, 2.45) is 0 Å². The van der Waals surface area contributed by atoms with Crippen LogP contribution in [0.15, 0.2) is 0 Å². The van der Waals surface area contributed by atoms with Gasteiger partial charge < -0.3 is 25.5 Å². The predicted octanol–water partition coefficient (Wildman–Crippen LogP) is -1.34. The van der Waals surface area contributed by atoms with Crippen LogP contribution in [0.3, 0.4) is 0 Å². The van der Waals surface area contributed by atoms with Crippen LogP contribution in [0.25, 0.3) is 0 Å². The van der Waals surface area contributed by atoms with E-state index in [2.05, 4.69) is 0 Å². The van der Waals surface area contributed by atoms with Crippen LogP contribution in [0.2, 0.25) is 0 Å². The highest BCUT2D eigenvalue weighted by molar-refractivity contribution is 5.79. The van der Waals surface area contributed by atoms with E-state index in [1.165, 1.54) is 0 Å². The van der Waals surface area contributed by atoms with Crippen LogP contribution in [-0.2, 0) is 9.59 Å². The van der Waals surface area contributed by atoms with Crippen molar-refractivity contribution < 1.29 is 35.1 Å². The lowest BCUT2D eigenvalue weighted by atomic mass is 10.3. The fraction of sp³-hybridized carbons (Fsp3) is 0.750. The van der Waals surface area contributed by atoms with Crippen molar-refractivity contribution in [2.45, 2.75) is 25.4 Å². The molecule has 0 heterocycles. The third-order valence-corrected chi connectivity index (χ3v) is 1.22. The van der Waals surface area contributed by atoms with Crippen LogP contribution in [0.1, 0.15) is 19.3 Å². The quantitative estimate of drug-likeness (QED) is 0.352. The van der Waals surface area contributed by atoms with E-state index in [-0.39, 0.29) is 13.2 Å². The Morgan fingerprint density at radius 1 is 1.00 bits per heavy atom. The van der Waals surface area contributed by atoms with Gasteiger partial charge >= 0.3 is 11.9 Å². The zero-order valence-corrected chi connectivity index (χ0v) is 8.17. The second-order valence-electron chi connectivity index (χ2n) is 2.61. The summed E-state index contributed by atoms with van der Waals surface area (Å²) in [6, 6.07) is 0. The van der Waals surface area contributed by atoms with Gasteiger partial charge in [-0.25, -0.2) is 4.79 Å². The van der Waals surface area contributed by atoms with Gasteiger partial charge in [0.2, 0.25) is 0 Å². The number of carboxylic acids is 2. The van der Waals surface area contributed by atoms with Crippen molar-refractivity contribution in [3.05, 3.63) is 0 Å². The summed E-state index contributed by atoms with van der Waals surface area (Å²) < 4.78 is 0. The molecule has 7 heteroatoms. The number of hydrogen-bond acceptors (Lipinski definition) is 5. The Labute approximate surface area is 86.6 Å². The molecule has 0 amide bonds. The van der Waals surface area contributed by atoms with E-state index < -0.39 is 24.5 Å². The molecule has 15 heavy (non-hydrogen) atoms. The average molecular weight is 224 g/mol. The van der Waals surface area contributed by atoms with Gasteiger partial charge in [-0.1, -0.05) is 0 Å². The monoisotopic (exact) mass is 224 g/mol. The van der Waals surface area contributed by atoms with Gasteiger partial charge in [0.15, 0.2) is 6.10 Å². The van der Waals surface area contributed by atoms with Crippen molar-refractivity contribution in [1.82, 2.24) is 0 Å². The number of carboxylic acid groups (broad SMARTS) is 2. The van der Waals surface area contributed by atoms with E-state index in [1.54, 1.807) is 0 Å². The maximum absolute atomic E-state index is 9.72. The Morgan fingerprint density at radius 2 is 1.40 bits per heavy atom. The molecular formula is C8H16O7. The first-order valence-corrected chi connectivity index (χ1v) is 4.30. The fourth-order valence-corrected chi connectivity index (χ4v) is 0.476. The Balaban J connectivity index is 0. The molecule has 0 saturated carbocycles. The summed E-state index contributed by atoms with van der Waals surface area (Å²) in [5, 5.41) is 40.3. The lowest BCUT2D eigenvalue weighted by Gasteiger charge is -1.97. The van der Waals surface area contributed by atoms with Crippen LogP contribution < -0.4 is 0 Å². The standard InChI is InChI=1S/C4H6O5.C4H10O2/c5-2(4(8)9)1-3(6)7;5-3-1-2-4-6/h2,5H,1H2,(H,6,7)(H,8,9);5-6H,1-4H2. The van der Waals surface area contributed by atoms with E-state index in [1.807, 2.05) is 0 Å². The van der Waals surface area contributed by atoms with Gasteiger partial charge in [0.1, 0.15) is 0 Å². The molecular weight excluding hydrogens is 208 g/mol. The topological polar surface area (TPSA) is 135 Å². The molecule has 0 aliphatic carbocycles. The summed E-state index contributed by atoms with van der Waals surface area (Å²) in [5.41, 5.74) is 0. The first kappa shape index (κ1) is 16.3. The van der Waals surface area contributed by atoms with Crippen LogP contribution in [0, 0.1) is 0 Å². The van der Waals surface area contributed by atoms with Gasteiger partial charge in [-0.2, -0.15) is 0 Å². The summed E-state index contributed by atoms with van der Waals surface area (Å²) in [6.07, 6.45) is -1.11. The summed E-state index contributed by atoms with van der Waals surface area (Å²) >= 11 is 0. The molecule has 0 bridgehead atoms. The Hall–Kier alpha value is -1.18. The number of aliphatic carboxylic acids is 2. The van der Waals surface area contributed by atoms with E-state index >= 15 is 0 Å². The van der Waals surface area contributed by atoms with E-state index in [9.17, 15) is 9.59 Å². The molecule has 0 rings (SSSR count). The van der Waals surface area contributed by atoms with Gasteiger partial charge in [-0.3, -0.25) is 4.79 Å². The highest BCUT2D eigenvalue weighted by Gasteiger charge is 2.16. The molecule has 0 fully saturated rings. The summed E-state index contributed by atoms with van der Waals surface area (Å²) in [6.45, 7) is 0.390. The summed E-state index contributed by atoms with van der Waals surface area (Å²) in [5.74, 6) is -2.85. The third-order valence-electron chi connectivity index (χ3n) is 1.22. The molecule has 0 radical (unpaired) electrons. The number of rotatable bonds is 6. The molecule has 0 spiro atoms. The van der Waals surface area contributed by atoms with Gasteiger partial charge in [0.05, 0.1) is 6.42 Å². The number of aliphatic hydroxyl groups excluding tert-OH is 3. The second-order valence-corrected chi connectivity index (χ2v) is 2.61. The van der Waals surface area contributed by atoms with E-state index in [4.69, 9.17) is 25.5 Å². The zero-order chi connectivity index (χ0) is 12.3. The van der Waals surface area contributed by atoms with Crippen LogP contribution >= 0.6 is 0 Å². The first-order chi connectivity index (χ1) is 6.95. The molecule has 0 aromatic rings. The van der Waals surface area contributed by atoms with E-state index in [0.717, 1.165) is 12.8 Å². The van der Waals surface area contributed by atoms with Crippen LogP contribution in [0.4, 0.5) is 0 Å². The minimum atomic E-state index is -1.79. The Kier molecular flexibility index (Phi) is 11.8. The molecule has 5 N–H and O–H groups in total. The Bertz CT molecular complexity index is 176.